The molecule has 0 saturated carbocycles. The van der Waals surface area contributed by atoms with Crippen molar-refractivity contribution in [2.75, 3.05) is 13.7 Å². The third kappa shape index (κ3) is 3.23. The Morgan fingerprint density at radius 1 is 1.50 bits per heavy atom. The fourth-order valence-corrected chi connectivity index (χ4v) is 4.45. The molecule has 24 heavy (non-hydrogen) atoms. The number of thiazole rings is 1. The molecule has 1 aliphatic heterocycles. The number of carbonyl (C=O) groups excluding carboxylic acids is 1. The monoisotopic (exact) mass is 348 g/mol. The van der Waals surface area contributed by atoms with E-state index in [0.29, 0.717) is 5.69 Å². The number of hydrogen-bond acceptors (Lipinski definition) is 6. The first-order chi connectivity index (χ1) is 11.5. The minimum absolute atomic E-state index is 0.275. The standard InChI is InChI=1S/C17H24N4O2S/c1-5-13-12(9-20(3)19-13)10-21-8-6-7-14(21)16-18-15(11(2)24-16)17(22)23-4/h9,14H,5-8,10H2,1-4H3/t14-/m0/s1. The van der Waals surface area contributed by atoms with Gasteiger partial charge in [0.05, 0.1) is 18.8 Å². The summed E-state index contributed by atoms with van der Waals surface area (Å²) < 4.78 is 6.72. The molecule has 0 amide bonds. The van der Waals surface area contributed by atoms with Crippen LogP contribution in [0.1, 0.15) is 57.4 Å². The molecule has 1 fully saturated rings. The van der Waals surface area contributed by atoms with Gasteiger partial charge in [-0.25, -0.2) is 9.78 Å². The zero-order valence-corrected chi connectivity index (χ0v) is 15.5. The Morgan fingerprint density at radius 3 is 3.00 bits per heavy atom. The Bertz CT molecular complexity index is 737. The molecular weight excluding hydrogens is 324 g/mol. The lowest BCUT2D eigenvalue weighted by Gasteiger charge is -2.22. The van der Waals surface area contributed by atoms with Crippen LogP contribution in [0, 0.1) is 6.92 Å². The fourth-order valence-electron chi connectivity index (χ4n) is 3.37. The number of aromatic nitrogens is 3. The second-order valence-electron chi connectivity index (χ2n) is 6.21. The van der Waals surface area contributed by atoms with E-state index in [1.807, 2.05) is 18.7 Å². The van der Waals surface area contributed by atoms with Gasteiger partial charge in [-0.3, -0.25) is 9.58 Å². The summed E-state index contributed by atoms with van der Waals surface area (Å²) in [6.45, 7) is 6.01. The van der Waals surface area contributed by atoms with Crippen molar-refractivity contribution in [3.05, 3.63) is 33.0 Å². The van der Waals surface area contributed by atoms with Crippen LogP contribution < -0.4 is 0 Å². The lowest BCUT2D eigenvalue weighted by atomic mass is 10.2. The van der Waals surface area contributed by atoms with Crippen molar-refractivity contribution < 1.29 is 9.53 Å². The smallest absolute Gasteiger partial charge is 0.357 e. The van der Waals surface area contributed by atoms with Gasteiger partial charge in [0.2, 0.25) is 0 Å². The second-order valence-corrected chi connectivity index (χ2v) is 7.44. The van der Waals surface area contributed by atoms with E-state index >= 15 is 0 Å². The average Bonchev–Trinajstić information content (AvgIpc) is 3.25. The lowest BCUT2D eigenvalue weighted by Crippen LogP contribution is -2.23. The Balaban J connectivity index is 1.82. The number of esters is 1. The molecule has 1 saturated heterocycles. The molecule has 130 valence electrons. The zero-order valence-electron chi connectivity index (χ0n) is 14.7. The van der Waals surface area contributed by atoms with Gasteiger partial charge in [-0.05, 0) is 32.7 Å². The minimum atomic E-state index is -0.347. The number of nitrogens with zero attached hydrogens (tertiary/aromatic N) is 4. The van der Waals surface area contributed by atoms with Crippen LogP contribution in [-0.2, 0) is 24.8 Å². The van der Waals surface area contributed by atoms with Crippen LogP contribution in [0.4, 0.5) is 0 Å². The lowest BCUT2D eigenvalue weighted by molar-refractivity contribution is 0.0593. The van der Waals surface area contributed by atoms with Crippen molar-refractivity contribution in [1.82, 2.24) is 19.7 Å². The molecule has 3 heterocycles. The van der Waals surface area contributed by atoms with E-state index in [-0.39, 0.29) is 12.0 Å². The van der Waals surface area contributed by atoms with Crippen LogP contribution >= 0.6 is 11.3 Å². The summed E-state index contributed by atoms with van der Waals surface area (Å²) in [6, 6.07) is 0.275. The first-order valence-corrected chi connectivity index (χ1v) is 9.16. The molecule has 7 heteroatoms. The quantitative estimate of drug-likeness (QED) is 0.778. The maximum atomic E-state index is 11.8. The van der Waals surface area contributed by atoms with Crippen LogP contribution in [0.2, 0.25) is 0 Å². The Hall–Kier alpha value is -1.73. The van der Waals surface area contributed by atoms with Crippen LogP contribution in [-0.4, -0.2) is 39.3 Å². The van der Waals surface area contributed by atoms with Crippen molar-refractivity contribution >= 4 is 17.3 Å². The number of hydrogen-bond donors (Lipinski definition) is 0. The Labute approximate surface area is 146 Å². The highest BCUT2D eigenvalue weighted by Gasteiger charge is 2.31. The van der Waals surface area contributed by atoms with Gasteiger partial charge in [0, 0.05) is 30.2 Å². The molecular formula is C17H24N4O2S. The SMILES string of the molecule is CCc1nn(C)cc1CN1CCC[C@H]1c1nc(C(=O)OC)c(C)s1. The number of rotatable bonds is 5. The molecule has 0 spiro atoms. The average molecular weight is 348 g/mol. The highest BCUT2D eigenvalue weighted by molar-refractivity contribution is 7.11. The largest absolute Gasteiger partial charge is 0.464 e. The summed E-state index contributed by atoms with van der Waals surface area (Å²) in [6.07, 6.45) is 5.28. The highest BCUT2D eigenvalue weighted by atomic mass is 32.1. The van der Waals surface area contributed by atoms with Gasteiger partial charge in [0.25, 0.3) is 0 Å². The van der Waals surface area contributed by atoms with Crippen LogP contribution in [0.25, 0.3) is 0 Å². The molecule has 0 aromatic carbocycles. The molecule has 6 nitrogen and oxygen atoms in total. The predicted octanol–water partition coefficient (Wildman–Crippen LogP) is 2.87. The normalized spacial score (nSPS) is 18.2. The van der Waals surface area contributed by atoms with Crippen molar-refractivity contribution in [3.63, 3.8) is 0 Å². The number of likely N-dealkylation sites (tertiary alicyclic amines) is 1. The molecule has 2 aromatic heterocycles. The number of aryl methyl sites for hydroxylation is 3. The summed E-state index contributed by atoms with van der Waals surface area (Å²) in [4.78, 5) is 19.8. The summed E-state index contributed by atoms with van der Waals surface area (Å²) in [7, 11) is 3.37. The second kappa shape index (κ2) is 7.03. The summed E-state index contributed by atoms with van der Waals surface area (Å²) in [5, 5.41) is 5.56. The molecule has 0 bridgehead atoms. The van der Waals surface area contributed by atoms with E-state index in [2.05, 4.69) is 28.1 Å². The predicted molar refractivity (Wildman–Crippen MR) is 93.2 cm³/mol. The Kier molecular flexibility index (Phi) is 5.01. The number of ether oxygens (including phenoxy) is 1. The van der Waals surface area contributed by atoms with Gasteiger partial charge in [-0.1, -0.05) is 6.92 Å². The molecule has 3 rings (SSSR count). The van der Waals surface area contributed by atoms with E-state index in [1.165, 1.54) is 12.7 Å². The number of carbonyl (C=O) groups is 1. The van der Waals surface area contributed by atoms with E-state index in [4.69, 9.17) is 4.74 Å². The van der Waals surface area contributed by atoms with Crippen molar-refractivity contribution in [3.8, 4) is 0 Å². The molecule has 2 aromatic rings. The third-order valence-electron chi connectivity index (χ3n) is 4.54. The molecule has 0 unspecified atom stereocenters. The van der Waals surface area contributed by atoms with Crippen molar-refractivity contribution in [2.45, 2.75) is 45.7 Å². The minimum Gasteiger partial charge on any atom is -0.464 e. The fraction of sp³-hybridized carbons (Fsp3) is 0.588. The Morgan fingerprint density at radius 2 is 2.29 bits per heavy atom. The molecule has 0 aliphatic carbocycles. The maximum Gasteiger partial charge on any atom is 0.357 e. The van der Waals surface area contributed by atoms with Gasteiger partial charge in [-0.15, -0.1) is 11.3 Å². The molecule has 0 radical (unpaired) electrons. The van der Waals surface area contributed by atoms with E-state index in [0.717, 1.165) is 47.9 Å². The first-order valence-electron chi connectivity index (χ1n) is 8.34. The van der Waals surface area contributed by atoms with Crippen LogP contribution in [0.15, 0.2) is 6.20 Å². The van der Waals surface area contributed by atoms with E-state index in [9.17, 15) is 4.79 Å². The zero-order chi connectivity index (χ0) is 17.3. The van der Waals surface area contributed by atoms with Gasteiger partial charge >= 0.3 is 5.97 Å². The third-order valence-corrected chi connectivity index (χ3v) is 5.61. The maximum absolute atomic E-state index is 11.8. The summed E-state index contributed by atoms with van der Waals surface area (Å²) in [5.74, 6) is -0.347. The van der Waals surface area contributed by atoms with Gasteiger partial charge < -0.3 is 4.74 Å². The summed E-state index contributed by atoms with van der Waals surface area (Å²) in [5.41, 5.74) is 2.90. The first kappa shape index (κ1) is 17.1. The van der Waals surface area contributed by atoms with Crippen LogP contribution in [0.5, 0.6) is 0 Å². The van der Waals surface area contributed by atoms with Gasteiger partial charge in [-0.2, -0.15) is 5.10 Å². The van der Waals surface area contributed by atoms with Crippen LogP contribution in [0.3, 0.4) is 0 Å². The molecule has 1 aliphatic rings. The van der Waals surface area contributed by atoms with Gasteiger partial charge in [0.1, 0.15) is 5.01 Å². The van der Waals surface area contributed by atoms with Crippen molar-refractivity contribution in [1.29, 1.82) is 0 Å². The molecule has 0 N–H and O–H groups in total. The highest BCUT2D eigenvalue weighted by Crippen LogP contribution is 2.36. The van der Waals surface area contributed by atoms with E-state index < -0.39 is 0 Å². The van der Waals surface area contributed by atoms with Gasteiger partial charge in [0.15, 0.2) is 5.69 Å². The number of methoxy groups -OCH3 is 1. The van der Waals surface area contributed by atoms with Crippen molar-refractivity contribution in [2.24, 2.45) is 7.05 Å². The van der Waals surface area contributed by atoms with E-state index in [1.54, 1.807) is 11.3 Å². The molecule has 1 atom stereocenters. The topological polar surface area (TPSA) is 60.2 Å². The summed E-state index contributed by atoms with van der Waals surface area (Å²) >= 11 is 1.61.